The SMILES string of the molecule is OCC[N-]CC[N-]CCO.[Pt+2]. The zero-order valence-electron chi connectivity index (χ0n) is 6.35. The zero-order valence-corrected chi connectivity index (χ0v) is 8.62. The van der Waals surface area contributed by atoms with Crippen molar-refractivity contribution >= 4 is 0 Å². The third kappa shape index (κ3) is 13.5. The number of aliphatic hydroxyl groups is 2. The summed E-state index contributed by atoms with van der Waals surface area (Å²) in [5.41, 5.74) is 0. The molecular formula is C6H14N2O2Pt. The summed E-state index contributed by atoms with van der Waals surface area (Å²) < 4.78 is 0. The van der Waals surface area contributed by atoms with Crippen molar-refractivity contribution in [1.29, 1.82) is 0 Å². The van der Waals surface area contributed by atoms with Gasteiger partial charge in [0.2, 0.25) is 0 Å². The molecule has 0 bridgehead atoms. The Morgan fingerprint density at radius 3 is 1.36 bits per heavy atom. The molecule has 4 nitrogen and oxygen atoms in total. The molecule has 0 aromatic heterocycles. The smallest absolute Gasteiger partial charge is 0.662 e. The monoisotopic (exact) mass is 341 g/mol. The molecule has 5 heteroatoms. The van der Waals surface area contributed by atoms with Crippen LogP contribution in [0.2, 0.25) is 0 Å². The van der Waals surface area contributed by atoms with Gasteiger partial charge in [-0.3, -0.25) is 0 Å². The summed E-state index contributed by atoms with van der Waals surface area (Å²) in [4.78, 5) is 0. The average Bonchev–Trinajstić information content (AvgIpc) is 1.97. The van der Waals surface area contributed by atoms with Crippen LogP contribution in [-0.2, 0) is 21.1 Å². The Morgan fingerprint density at radius 2 is 1.09 bits per heavy atom. The molecule has 2 N–H and O–H groups in total. The van der Waals surface area contributed by atoms with Gasteiger partial charge in [0, 0.05) is 13.2 Å². The first kappa shape index (κ1) is 14.1. The Balaban J connectivity index is 0. The second-order valence-electron chi connectivity index (χ2n) is 1.79. The first-order valence-electron chi connectivity index (χ1n) is 3.40. The minimum atomic E-state index is 0. The molecule has 0 atom stereocenters. The molecule has 70 valence electrons. The topological polar surface area (TPSA) is 68.7 Å². The van der Waals surface area contributed by atoms with E-state index in [1.807, 2.05) is 0 Å². The van der Waals surface area contributed by atoms with Gasteiger partial charge in [0.1, 0.15) is 0 Å². The molecule has 0 aromatic carbocycles. The number of rotatable bonds is 7. The van der Waals surface area contributed by atoms with Crippen molar-refractivity contribution in [2.45, 2.75) is 0 Å². The van der Waals surface area contributed by atoms with E-state index in [2.05, 4.69) is 10.6 Å². The van der Waals surface area contributed by atoms with Crippen molar-refractivity contribution in [1.82, 2.24) is 0 Å². The number of nitrogens with zero attached hydrogens (tertiary/aromatic N) is 2. The summed E-state index contributed by atoms with van der Waals surface area (Å²) in [6.07, 6.45) is 0. The summed E-state index contributed by atoms with van der Waals surface area (Å²) in [6.45, 7) is 2.52. The van der Waals surface area contributed by atoms with Crippen LogP contribution in [0.1, 0.15) is 0 Å². The molecule has 0 rings (SSSR count). The quantitative estimate of drug-likeness (QED) is 0.625. The van der Waals surface area contributed by atoms with Gasteiger partial charge in [-0.25, -0.2) is 0 Å². The maximum atomic E-state index is 8.30. The van der Waals surface area contributed by atoms with E-state index in [9.17, 15) is 0 Å². The van der Waals surface area contributed by atoms with Gasteiger partial charge in [-0.2, -0.15) is 13.1 Å². The van der Waals surface area contributed by atoms with Crippen LogP contribution in [0.4, 0.5) is 0 Å². The minimum Gasteiger partial charge on any atom is -0.662 e. The summed E-state index contributed by atoms with van der Waals surface area (Å²) in [6, 6.07) is 0. The number of aliphatic hydroxyl groups excluding tert-OH is 2. The van der Waals surface area contributed by atoms with E-state index in [1.165, 1.54) is 0 Å². The van der Waals surface area contributed by atoms with E-state index in [1.54, 1.807) is 0 Å². The Bertz CT molecular complexity index is 58.5. The van der Waals surface area contributed by atoms with Gasteiger partial charge >= 0.3 is 21.1 Å². The first-order chi connectivity index (χ1) is 4.91. The van der Waals surface area contributed by atoms with Gasteiger partial charge in [0.05, 0.1) is 0 Å². The largest absolute Gasteiger partial charge is 2.00 e. The van der Waals surface area contributed by atoms with E-state index in [-0.39, 0.29) is 34.3 Å². The number of hydrogen-bond acceptors (Lipinski definition) is 2. The maximum absolute atomic E-state index is 8.30. The summed E-state index contributed by atoms with van der Waals surface area (Å²) in [7, 11) is 0. The van der Waals surface area contributed by atoms with Crippen LogP contribution in [0.5, 0.6) is 0 Å². The second kappa shape index (κ2) is 13.1. The van der Waals surface area contributed by atoms with Crippen molar-refractivity contribution in [2.24, 2.45) is 0 Å². The van der Waals surface area contributed by atoms with Crippen LogP contribution in [0.15, 0.2) is 0 Å². The predicted molar refractivity (Wildman–Crippen MR) is 40.4 cm³/mol. The summed E-state index contributed by atoms with van der Waals surface area (Å²) in [5.74, 6) is 0. The van der Waals surface area contributed by atoms with Crippen LogP contribution in [0.3, 0.4) is 0 Å². The molecule has 0 aliphatic carbocycles. The van der Waals surface area contributed by atoms with E-state index < -0.39 is 0 Å². The first-order valence-corrected chi connectivity index (χ1v) is 3.40. The Morgan fingerprint density at radius 1 is 0.727 bits per heavy atom. The molecular weight excluding hydrogens is 327 g/mol. The van der Waals surface area contributed by atoms with Gasteiger partial charge < -0.3 is 20.8 Å². The van der Waals surface area contributed by atoms with Gasteiger partial charge in [-0.05, 0) is 0 Å². The van der Waals surface area contributed by atoms with Gasteiger partial charge in [-0.15, -0.1) is 13.1 Å². The third-order valence-electron chi connectivity index (χ3n) is 0.932. The van der Waals surface area contributed by atoms with Crippen LogP contribution < -0.4 is 0 Å². The van der Waals surface area contributed by atoms with Crippen molar-refractivity contribution < 1.29 is 31.3 Å². The molecule has 0 heterocycles. The molecule has 0 spiro atoms. The van der Waals surface area contributed by atoms with Crippen LogP contribution in [-0.4, -0.2) is 49.6 Å². The van der Waals surface area contributed by atoms with Gasteiger partial charge in [0.25, 0.3) is 0 Å². The number of hydrogen-bond donors (Lipinski definition) is 2. The molecule has 0 saturated heterocycles. The second-order valence-corrected chi connectivity index (χ2v) is 1.79. The Hall–Kier alpha value is 0.528. The Labute approximate surface area is 81.6 Å². The molecule has 0 fully saturated rings. The molecule has 11 heavy (non-hydrogen) atoms. The molecule has 0 amide bonds. The van der Waals surface area contributed by atoms with E-state index in [0.29, 0.717) is 26.2 Å². The van der Waals surface area contributed by atoms with E-state index in [0.717, 1.165) is 0 Å². The summed E-state index contributed by atoms with van der Waals surface area (Å²) >= 11 is 0. The van der Waals surface area contributed by atoms with Gasteiger partial charge in [0.15, 0.2) is 0 Å². The molecule has 0 radical (unpaired) electrons. The van der Waals surface area contributed by atoms with E-state index in [4.69, 9.17) is 10.2 Å². The fourth-order valence-corrected chi connectivity index (χ4v) is 0.506. The van der Waals surface area contributed by atoms with Crippen molar-refractivity contribution in [3.05, 3.63) is 10.6 Å². The van der Waals surface area contributed by atoms with Crippen LogP contribution >= 0.6 is 0 Å². The fraction of sp³-hybridized carbons (Fsp3) is 1.00. The molecule has 0 aliphatic heterocycles. The van der Waals surface area contributed by atoms with E-state index >= 15 is 0 Å². The van der Waals surface area contributed by atoms with Gasteiger partial charge in [-0.1, -0.05) is 0 Å². The molecule has 0 unspecified atom stereocenters. The molecule has 0 aromatic rings. The van der Waals surface area contributed by atoms with Crippen molar-refractivity contribution in [3.63, 3.8) is 0 Å². The maximum Gasteiger partial charge on any atom is 2.00 e. The zero-order chi connectivity index (χ0) is 7.66. The predicted octanol–water partition coefficient (Wildman–Crippen LogP) is -0.284. The minimum absolute atomic E-state index is 0. The van der Waals surface area contributed by atoms with Crippen LogP contribution in [0.25, 0.3) is 10.6 Å². The normalized spacial score (nSPS) is 9.27. The average molecular weight is 341 g/mol. The van der Waals surface area contributed by atoms with Crippen molar-refractivity contribution in [2.75, 3.05) is 39.4 Å². The standard InChI is InChI=1S/C6H14N2O2.Pt/c9-5-3-7-1-2-8-4-6-10;/h9-10H,1-6H2;/q-2;+2. The molecule has 0 aliphatic rings. The van der Waals surface area contributed by atoms with Crippen molar-refractivity contribution in [3.8, 4) is 0 Å². The van der Waals surface area contributed by atoms with Crippen LogP contribution in [0, 0.1) is 0 Å². The Kier molecular flexibility index (Phi) is 16.8. The fourth-order valence-electron chi connectivity index (χ4n) is 0.506. The molecule has 0 saturated carbocycles. The summed E-state index contributed by atoms with van der Waals surface area (Å²) in [5, 5.41) is 24.5. The third-order valence-corrected chi connectivity index (χ3v) is 0.932.